The van der Waals surface area contributed by atoms with Crippen molar-refractivity contribution in [3.63, 3.8) is 0 Å². The van der Waals surface area contributed by atoms with E-state index >= 15 is 0 Å². The maximum absolute atomic E-state index is 12.8. The quantitative estimate of drug-likeness (QED) is 0.611. The van der Waals surface area contributed by atoms with Crippen LogP contribution in [0.2, 0.25) is 0 Å². The summed E-state index contributed by atoms with van der Waals surface area (Å²) in [6, 6.07) is 7.89. The van der Waals surface area contributed by atoms with Crippen LogP contribution in [0.3, 0.4) is 0 Å². The SMILES string of the molecule is CCOc1cc2c(cc1NC(=O)Cc1sc(C)nc1-c1cccs1)OC(C)C2. The lowest BCUT2D eigenvalue weighted by Crippen LogP contribution is -2.15. The number of ether oxygens (including phenoxy) is 2. The first-order chi connectivity index (χ1) is 13.5. The summed E-state index contributed by atoms with van der Waals surface area (Å²) in [5.74, 6) is 1.42. The van der Waals surface area contributed by atoms with Gasteiger partial charge in [0.05, 0.1) is 34.3 Å². The van der Waals surface area contributed by atoms with Crippen molar-refractivity contribution in [3.8, 4) is 22.1 Å². The number of amides is 1. The first-order valence-corrected chi connectivity index (χ1v) is 11.0. The predicted molar refractivity (Wildman–Crippen MR) is 114 cm³/mol. The summed E-state index contributed by atoms with van der Waals surface area (Å²) in [6.07, 6.45) is 1.27. The van der Waals surface area contributed by atoms with E-state index in [-0.39, 0.29) is 18.4 Å². The van der Waals surface area contributed by atoms with Crippen molar-refractivity contribution in [2.24, 2.45) is 0 Å². The summed E-state index contributed by atoms with van der Waals surface area (Å²) in [6.45, 7) is 6.48. The molecule has 7 heteroatoms. The number of anilines is 1. The van der Waals surface area contributed by atoms with Crippen LogP contribution in [0.5, 0.6) is 11.5 Å². The van der Waals surface area contributed by atoms with Gasteiger partial charge in [-0.05, 0) is 38.3 Å². The highest BCUT2D eigenvalue weighted by Crippen LogP contribution is 2.38. The van der Waals surface area contributed by atoms with Gasteiger partial charge in [-0.3, -0.25) is 4.79 Å². The number of thiazole rings is 1. The third-order valence-corrected chi connectivity index (χ3v) is 6.30. The van der Waals surface area contributed by atoms with Crippen molar-refractivity contribution in [2.75, 3.05) is 11.9 Å². The fraction of sp³-hybridized carbons (Fsp3) is 0.333. The van der Waals surface area contributed by atoms with Crippen molar-refractivity contribution in [1.82, 2.24) is 4.98 Å². The van der Waals surface area contributed by atoms with Crippen LogP contribution in [-0.2, 0) is 17.6 Å². The molecular weight excluding hydrogens is 392 g/mol. The highest BCUT2D eigenvalue weighted by atomic mass is 32.1. The summed E-state index contributed by atoms with van der Waals surface area (Å²) in [4.78, 5) is 19.5. The Morgan fingerprint density at radius 2 is 2.29 bits per heavy atom. The van der Waals surface area contributed by atoms with Gasteiger partial charge in [-0.2, -0.15) is 0 Å². The van der Waals surface area contributed by atoms with E-state index in [1.165, 1.54) is 0 Å². The zero-order valence-corrected chi connectivity index (χ0v) is 17.7. The summed E-state index contributed by atoms with van der Waals surface area (Å²) in [5.41, 5.74) is 2.68. The summed E-state index contributed by atoms with van der Waals surface area (Å²) in [5, 5.41) is 5.99. The smallest absolute Gasteiger partial charge is 0.229 e. The Morgan fingerprint density at radius 1 is 1.43 bits per heavy atom. The Bertz CT molecular complexity index is 996. The molecule has 1 unspecified atom stereocenters. The number of hydrogen-bond donors (Lipinski definition) is 1. The van der Waals surface area contributed by atoms with Crippen LogP contribution >= 0.6 is 22.7 Å². The second kappa shape index (κ2) is 7.93. The molecule has 0 radical (unpaired) electrons. The van der Waals surface area contributed by atoms with Gasteiger partial charge in [-0.1, -0.05) is 6.07 Å². The summed E-state index contributed by atoms with van der Waals surface area (Å²) in [7, 11) is 0. The zero-order valence-electron chi connectivity index (χ0n) is 16.1. The molecule has 5 nitrogen and oxygen atoms in total. The average Bonchev–Trinajstić information content (AvgIpc) is 3.35. The van der Waals surface area contributed by atoms with E-state index in [1.54, 1.807) is 22.7 Å². The number of hydrogen-bond acceptors (Lipinski definition) is 6. The number of carbonyl (C=O) groups excluding carboxylic acids is 1. The van der Waals surface area contributed by atoms with E-state index in [0.29, 0.717) is 18.0 Å². The van der Waals surface area contributed by atoms with Crippen molar-refractivity contribution in [1.29, 1.82) is 0 Å². The van der Waals surface area contributed by atoms with Crippen molar-refractivity contribution < 1.29 is 14.3 Å². The predicted octanol–water partition coefficient (Wildman–Crippen LogP) is 5.08. The second-order valence-electron chi connectivity index (χ2n) is 6.73. The number of fused-ring (bicyclic) bond motifs is 1. The molecule has 4 rings (SSSR count). The topological polar surface area (TPSA) is 60.5 Å². The van der Waals surface area contributed by atoms with Crippen LogP contribution in [0.4, 0.5) is 5.69 Å². The molecule has 0 spiro atoms. The molecule has 1 aliphatic rings. The molecule has 1 atom stereocenters. The minimum Gasteiger partial charge on any atom is -0.492 e. The fourth-order valence-electron chi connectivity index (χ4n) is 3.35. The Labute approximate surface area is 172 Å². The normalized spacial score (nSPS) is 15.2. The van der Waals surface area contributed by atoms with Crippen molar-refractivity contribution in [2.45, 2.75) is 39.7 Å². The molecule has 0 saturated carbocycles. The molecule has 0 aliphatic carbocycles. The van der Waals surface area contributed by atoms with Gasteiger partial charge in [-0.15, -0.1) is 22.7 Å². The average molecular weight is 415 g/mol. The molecule has 1 aliphatic heterocycles. The van der Waals surface area contributed by atoms with Gasteiger partial charge >= 0.3 is 0 Å². The van der Waals surface area contributed by atoms with Gasteiger partial charge in [0.2, 0.25) is 5.91 Å². The molecule has 146 valence electrons. The van der Waals surface area contributed by atoms with Gasteiger partial charge < -0.3 is 14.8 Å². The van der Waals surface area contributed by atoms with Crippen LogP contribution in [0, 0.1) is 6.92 Å². The zero-order chi connectivity index (χ0) is 19.7. The molecule has 0 bridgehead atoms. The molecule has 1 aromatic carbocycles. The number of nitrogens with zero attached hydrogens (tertiary/aromatic N) is 1. The number of aryl methyl sites for hydroxylation is 1. The maximum Gasteiger partial charge on any atom is 0.229 e. The molecule has 28 heavy (non-hydrogen) atoms. The minimum absolute atomic E-state index is 0.0894. The third kappa shape index (κ3) is 3.91. The summed E-state index contributed by atoms with van der Waals surface area (Å²) < 4.78 is 11.6. The van der Waals surface area contributed by atoms with E-state index in [0.717, 1.165) is 38.2 Å². The number of thiophene rings is 1. The molecule has 0 fully saturated rings. The number of aromatic nitrogens is 1. The van der Waals surface area contributed by atoms with E-state index < -0.39 is 0 Å². The summed E-state index contributed by atoms with van der Waals surface area (Å²) >= 11 is 3.20. The van der Waals surface area contributed by atoms with Gasteiger partial charge in [0.25, 0.3) is 0 Å². The van der Waals surface area contributed by atoms with Gasteiger partial charge in [0, 0.05) is 22.9 Å². The number of nitrogens with one attached hydrogen (secondary N) is 1. The van der Waals surface area contributed by atoms with Gasteiger partial charge in [0.1, 0.15) is 17.6 Å². The maximum atomic E-state index is 12.8. The third-order valence-electron chi connectivity index (χ3n) is 4.45. The van der Waals surface area contributed by atoms with E-state index in [9.17, 15) is 4.79 Å². The van der Waals surface area contributed by atoms with Crippen LogP contribution in [0.15, 0.2) is 29.6 Å². The molecule has 1 amide bonds. The molecule has 0 saturated heterocycles. The molecule has 1 N–H and O–H groups in total. The van der Waals surface area contributed by atoms with Crippen molar-refractivity contribution in [3.05, 3.63) is 45.1 Å². The first kappa shape index (κ1) is 19.0. The van der Waals surface area contributed by atoms with Gasteiger partial charge in [-0.25, -0.2) is 4.98 Å². The minimum atomic E-state index is -0.0894. The lowest BCUT2D eigenvalue weighted by atomic mass is 10.1. The Balaban J connectivity index is 1.56. The number of carbonyl (C=O) groups is 1. The Morgan fingerprint density at radius 3 is 3.04 bits per heavy atom. The largest absolute Gasteiger partial charge is 0.492 e. The van der Waals surface area contributed by atoms with Gasteiger partial charge in [0.15, 0.2) is 0 Å². The Kier molecular flexibility index (Phi) is 5.37. The molecule has 2 aromatic heterocycles. The van der Waals surface area contributed by atoms with Crippen molar-refractivity contribution >= 4 is 34.3 Å². The lowest BCUT2D eigenvalue weighted by molar-refractivity contribution is -0.115. The number of rotatable bonds is 6. The number of benzene rings is 1. The van der Waals surface area contributed by atoms with E-state index in [2.05, 4.69) is 10.3 Å². The van der Waals surface area contributed by atoms with Crippen LogP contribution < -0.4 is 14.8 Å². The van der Waals surface area contributed by atoms with Crippen LogP contribution in [0.25, 0.3) is 10.6 Å². The van der Waals surface area contributed by atoms with Crippen LogP contribution in [0.1, 0.15) is 29.3 Å². The first-order valence-electron chi connectivity index (χ1n) is 9.30. The lowest BCUT2D eigenvalue weighted by Gasteiger charge is -2.13. The van der Waals surface area contributed by atoms with E-state index in [4.69, 9.17) is 9.47 Å². The Hall–Kier alpha value is -2.38. The van der Waals surface area contributed by atoms with Crippen LogP contribution in [-0.4, -0.2) is 23.6 Å². The highest BCUT2D eigenvalue weighted by Gasteiger charge is 2.23. The monoisotopic (exact) mass is 414 g/mol. The molecule has 3 aromatic rings. The van der Waals surface area contributed by atoms with E-state index in [1.807, 2.05) is 50.4 Å². The highest BCUT2D eigenvalue weighted by molar-refractivity contribution is 7.15. The molecule has 3 heterocycles. The molecular formula is C21H22N2O3S2. The standard InChI is InChI=1S/C21H22N2O3S2/c1-4-25-17-9-14-8-12(2)26-16(14)10-15(17)23-20(24)11-19-21(22-13(3)28-19)18-6-5-7-27-18/h5-7,9-10,12H,4,8,11H2,1-3H3,(H,23,24). The fourth-order valence-corrected chi connectivity index (χ4v) is 5.10. The second-order valence-corrected chi connectivity index (χ2v) is 8.96.